The molecule has 0 unspecified atom stereocenters. The zero-order valence-electron chi connectivity index (χ0n) is 22.2. The molecule has 1 saturated carbocycles. The van der Waals surface area contributed by atoms with Gasteiger partial charge in [-0.2, -0.15) is 8.78 Å². The molecule has 4 rings (SSSR count). The van der Waals surface area contributed by atoms with Crippen LogP contribution in [0.1, 0.15) is 69.4 Å². The molecule has 0 N–H and O–H groups in total. The van der Waals surface area contributed by atoms with Crippen LogP contribution in [0.3, 0.4) is 0 Å². The summed E-state index contributed by atoms with van der Waals surface area (Å²) in [6.07, 6.45) is 3.98. The lowest BCUT2D eigenvalue weighted by Gasteiger charge is -2.29. The minimum atomic E-state index is -1.11. The van der Waals surface area contributed by atoms with Gasteiger partial charge in [-0.1, -0.05) is 31.5 Å². The van der Waals surface area contributed by atoms with Crippen LogP contribution in [0.25, 0.3) is 11.1 Å². The molecule has 210 valence electrons. The van der Waals surface area contributed by atoms with Crippen LogP contribution >= 0.6 is 0 Å². The summed E-state index contributed by atoms with van der Waals surface area (Å²) in [5.74, 6) is -5.01. The third-order valence-electron chi connectivity index (χ3n) is 7.13. The fourth-order valence-electron chi connectivity index (χ4n) is 4.90. The fourth-order valence-corrected chi connectivity index (χ4v) is 4.90. The molecule has 0 aromatic heterocycles. The van der Waals surface area contributed by atoms with Gasteiger partial charge in [-0.3, -0.25) is 0 Å². The van der Waals surface area contributed by atoms with E-state index in [0.717, 1.165) is 18.9 Å². The van der Waals surface area contributed by atoms with Crippen molar-refractivity contribution in [3.05, 3.63) is 82.7 Å². The lowest BCUT2D eigenvalue weighted by molar-refractivity contribution is 0.0119. The van der Waals surface area contributed by atoms with Crippen molar-refractivity contribution in [1.29, 1.82) is 0 Å². The molecule has 0 saturated heterocycles. The first-order valence-electron chi connectivity index (χ1n) is 13.5. The van der Waals surface area contributed by atoms with Crippen LogP contribution < -0.4 is 9.47 Å². The second kappa shape index (κ2) is 13.3. The van der Waals surface area contributed by atoms with Gasteiger partial charge in [0.2, 0.25) is 11.6 Å². The summed E-state index contributed by atoms with van der Waals surface area (Å²) in [5.41, 5.74) is 0.768. The Morgan fingerprint density at radius 2 is 1.44 bits per heavy atom. The van der Waals surface area contributed by atoms with E-state index in [1.165, 1.54) is 30.3 Å². The molecule has 0 bridgehead atoms. The minimum absolute atomic E-state index is 0.00829. The van der Waals surface area contributed by atoms with Gasteiger partial charge >= 0.3 is 0 Å². The molecule has 39 heavy (non-hydrogen) atoms. The van der Waals surface area contributed by atoms with Crippen LogP contribution in [0.2, 0.25) is 0 Å². The predicted molar refractivity (Wildman–Crippen MR) is 139 cm³/mol. The molecule has 0 spiro atoms. The summed E-state index contributed by atoms with van der Waals surface area (Å²) in [5, 5.41) is 0. The highest BCUT2D eigenvalue weighted by Crippen LogP contribution is 2.38. The molecule has 0 heterocycles. The summed E-state index contributed by atoms with van der Waals surface area (Å²) in [7, 11) is 0. The highest BCUT2D eigenvalue weighted by molar-refractivity contribution is 5.65. The Balaban J connectivity index is 1.33. The van der Waals surface area contributed by atoms with Crippen LogP contribution in [0, 0.1) is 29.1 Å². The molecule has 3 aromatic rings. The average molecular weight is 549 g/mol. The number of benzene rings is 3. The molecule has 3 nitrogen and oxygen atoms in total. The Morgan fingerprint density at radius 1 is 0.744 bits per heavy atom. The highest BCUT2D eigenvalue weighted by Gasteiger charge is 2.27. The summed E-state index contributed by atoms with van der Waals surface area (Å²) in [6.45, 7) is 4.20. The quantitative estimate of drug-likeness (QED) is 0.177. The van der Waals surface area contributed by atoms with E-state index >= 15 is 0 Å². The van der Waals surface area contributed by atoms with Gasteiger partial charge < -0.3 is 14.2 Å². The average Bonchev–Trinajstić information content (AvgIpc) is 2.94. The number of rotatable bonds is 11. The number of halogens is 5. The molecular weight excluding hydrogens is 515 g/mol. The molecule has 3 aromatic carbocycles. The molecule has 1 aliphatic rings. The normalized spacial score (nSPS) is 17.3. The van der Waals surface area contributed by atoms with E-state index in [1.807, 2.05) is 6.92 Å². The summed E-state index contributed by atoms with van der Waals surface area (Å²) < 4.78 is 89.1. The zero-order chi connectivity index (χ0) is 27.9. The monoisotopic (exact) mass is 548 g/mol. The Labute approximate surface area is 225 Å². The smallest absolute Gasteiger partial charge is 0.201 e. The Hall–Kier alpha value is -3.13. The maximum atomic E-state index is 14.8. The Kier molecular flexibility index (Phi) is 9.83. The largest absolute Gasteiger partial charge is 0.491 e. The van der Waals surface area contributed by atoms with Gasteiger partial charge in [-0.15, -0.1) is 0 Å². The van der Waals surface area contributed by atoms with Crippen LogP contribution in [-0.4, -0.2) is 19.3 Å². The van der Waals surface area contributed by atoms with E-state index in [1.54, 1.807) is 13.0 Å². The van der Waals surface area contributed by atoms with Gasteiger partial charge in [0.15, 0.2) is 23.1 Å². The molecule has 1 aliphatic carbocycles. The summed E-state index contributed by atoms with van der Waals surface area (Å²) in [6, 6.07) is 9.93. The number of hydrogen-bond acceptors (Lipinski definition) is 3. The molecular formula is C31H33F5O3. The van der Waals surface area contributed by atoms with E-state index in [0.29, 0.717) is 43.4 Å². The standard InChI is InChI=1S/C31H33F5O3/c1-3-5-16-38-27-15-12-23(28(33)31(27)36)19-8-10-22(11-9-19)39-18-21-7-6-20(17-25(21)32)24-13-14-26(37-4-2)30(35)29(24)34/h6-7,12-15,17,19,22H,3-5,8-11,16,18H2,1-2H3. The Bertz CT molecular complexity index is 1270. The zero-order valence-corrected chi connectivity index (χ0v) is 22.2. The van der Waals surface area contributed by atoms with E-state index < -0.39 is 29.1 Å². The number of hydrogen-bond donors (Lipinski definition) is 0. The summed E-state index contributed by atoms with van der Waals surface area (Å²) in [4.78, 5) is 0. The third-order valence-corrected chi connectivity index (χ3v) is 7.13. The van der Waals surface area contributed by atoms with Crippen molar-refractivity contribution in [3.63, 3.8) is 0 Å². The minimum Gasteiger partial charge on any atom is -0.491 e. The van der Waals surface area contributed by atoms with Crippen molar-refractivity contribution >= 4 is 0 Å². The molecule has 0 radical (unpaired) electrons. The number of ether oxygens (including phenoxy) is 3. The maximum Gasteiger partial charge on any atom is 0.201 e. The van der Waals surface area contributed by atoms with Crippen molar-refractivity contribution in [2.75, 3.05) is 13.2 Å². The molecule has 0 amide bonds. The lowest BCUT2D eigenvalue weighted by atomic mass is 9.82. The molecule has 0 atom stereocenters. The second-order valence-electron chi connectivity index (χ2n) is 9.75. The van der Waals surface area contributed by atoms with Crippen LogP contribution in [0.4, 0.5) is 22.0 Å². The number of unbranched alkanes of at least 4 members (excludes halogenated alkanes) is 1. The first kappa shape index (κ1) is 28.9. The molecule has 0 aliphatic heterocycles. The summed E-state index contributed by atoms with van der Waals surface area (Å²) >= 11 is 0. The molecule has 8 heteroatoms. The van der Waals surface area contributed by atoms with Crippen LogP contribution in [-0.2, 0) is 11.3 Å². The van der Waals surface area contributed by atoms with E-state index in [-0.39, 0.29) is 47.9 Å². The van der Waals surface area contributed by atoms with Gasteiger partial charge in [-0.25, -0.2) is 13.2 Å². The van der Waals surface area contributed by atoms with Gasteiger partial charge in [0, 0.05) is 11.1 Å². The van der Waals surface area contributed by atoms with Gasteiger partial charge in [-0.05, 0) is 80.3 Å². The highest BCUT2D eigenvalue weighted by atomic mass is 19.2. The van der Waals surface area contributed by atoms with Gasteiger partial charge in [0.1, 0.15) is 5.82 Å². The van der Waals surface area contributed by atoms with Crippen LogP contribution in [0.5, 0.6) is 11.5 Å². The topological polar surface area (TPSA) is 27.7 Å². The lowest BCUT2D eigenvalue weighted by Crippen LogP contribution is -2.21. The van der Waals surface area contributed by atoms with E-state index in [9.17, 15) is 22.0 Å². The van der Waals surface area contributed by atoms with Crippen molar-refractivity contribution in [1.82, 2.24) is 0 Å². The van der Waals surface area contributed by atoms with Crippen molar-refractivity contribution in [2.24, 2.45) is 0 Å². The first-order valence-corrected chi connectivity index (χ1v) is 13.5. The predicted octanol–water partition coefficient (Wildman–Crippen LogP) is 8.87. The molecule has 1 fully saturated rings. The van der Waals surface area contributed by atoms with Crippen molar-refractivity contribution < 1.29 is 36.2 Å². The van der Waals surface area contributed by atoms with Gasteiger partial charge in [0.25, 0.3) is 0 Å². The maximum absolute atomic E-state index is 14.8. The SMILES string of the molecule is CCCCOc1ccc(C2CCC(OCc3ccc(-c4ccc(OCC)c(F)c4F)cc3F)CC2)c(F)c1F. The Morgan fingerprint density at radius 3 is 2.13 bits per heavy atom. The third kappa shape index (κ3) is 6.72. The van der Waals surface area contributed by atoms with Gasteiger partial charge in [0.05, 0.1) is 25.9 Å². The van der Waals surface area contributed by atoms with E-state index in [4.69, 9.17) is 14.2 Å². The van der Waals surface area contributed by atoms with E-state index in [2.05, 4.69) is 0 Å². The first-order chi connectivity index (χ1) is 18.8. The fraction of sp³-hybridized carbons (Fsp3) is 0.419. The van der Waals surface area contributed by atoms with Crippen molar-refractivity contribution in [3.8, 4) is 22.6 Å². The second-order valence-corrected chi connectivity index (χ2v) is 9.75. The van der Waals surface area contributed by atoms with Crippen molar-refractivity contribution in [2.45, 2.75) is 71.0 Å². The van der Waals surface area contributed by atoms with Crippen LogP contribution in [0.15, 0.2) is 42.5 Å².